The highest BCUT2D eigenvalue weighted by Gasteiger charge is 2.25. The Morgan fingerprint density at radius 2 is 2.15 bits per heavy atom. The summed E-state index contributed by atoms with van der Waals surface area (Å²) in [5.74, 6) is 0. The van der Waals surface area contributed by atoms with Crippen molar-refractivity contribution in [3.8, 4) is 0 Å². The van der Waals surface area contributed by atoms with Crippen molar-refractivity contribution in [3.63, 3.8) is 0 Å². The van der Waals surface area contributed by atoms with E-state index >= 15 is 0 Å². The van der Waals surface area contributed by atoms with E-state index in [1.165, 1.54) is 16.7 Å². The van der Waals surface area contributed by atoms with Crippen molar-refractivity contribution in [2.75, 3.05) is 0 Å². The first-order valence-corrected chi connectivity index (χ1v) is 4.68. The molecule has 13 heavy (non-hydrogen) atoms. The van der Waals surface area contributed by atoms with Crippen molar-refractivity contribution in [2.45, 2.75) is 26.8 Å². The molecule has 2 rings (SSSR count). The van der Waals surface area contributed by atoms with Crippen molar-refractivity contribution in [3.05, 3.63) is 34.9 Å². The molecule has 0 fully saturated rings. The van der Waals surface area contributed by atoms with Crippen LogP contribution >= 0.6 is 0 Å². The zero-order valence-corrected chi connectivity index (χ0v) is 8.12. The van der Waals surface area contributed by atoms with E-state index < -0.39 is 0 Å². The summed E-state index contributed by atoms with van der Waals surface area (Å²) in [7, 11) is -0.341. The number of hydrogen-bond donors (Lipinski definition) is 1. The fraction of sp³-hybridized carbons (Fsp3) is 0.400. The Morgan fingerprint density at radius 1 is 1.38 bits per heavy atom. The minimum Gasteiger partial charge on any atom is -0.437 e. The number of nitrogens with zero attached hydrogens (tertiary/aromatic N) is 1. The van der Waals surface area contributed by atoms with E-state index in [-0.39, 0.29) is 7.05 Å². The molecule has 1 heterocycles. The molecule has 0 unspecified atom stereocenters. The van der Waals surface area contributed by atoms with Crippen LogP contribution in [-0.4, -0.2) is 16.9 Å². The molecule has 1 N–H and O–H groups in total. The van der Waals surface area contributed by atoms with Crippen LogP contribution in [0.25, 0.3) is 0 Å². The first kappa shape index (κ1) is 8.79. The average Bonchev–Trinajstić information content (AvgIpc) is 2.49. The standard InChI is InChI=1S/C10H14BNO/c1-8-4-3-5-9-6-12(11(2)13)7-10(8)9/h3-5,13H,6-7H2,1-2H3. The number of aryl methyl sites for hydroxylation is 1. The molecule has 1 aliphatic heterocycles. The van der Waals surface area contributed by atoms with E-state index in [1.807, 2.05) is 6.82 Å². The van der Waals surface area contributed by atoms with Crippen LogP contribution in [0.1, 0.15) is 16.7 Å². The predicted molar refractivity (Wildman–Crippen MR) is 54.3 cm³/mol. The monoisotopic (exact) mass is 175 g/mol. The van der Waals surface area contributed by atoms with Crippen molar-refractivity contribution >= 4 is 7.05 Å². The largest absolute Gasteiger partial charge is 0.437 e. The number of fused-ring (bicyclic) bond motifs is 1. The minimum absolute atomic E-state index is 0.341. The number of hydrogen-bond acceptors (Lipinski definition) is 2. The number of rotatable bonds is 1. The molecule has 1 aromatic rings. The van der Waals surface area contributed by atoms with Gasteiger partial charge in [-0.1, -0.05) is 18.2 Å². The Morgan fingerprint density at radius 3 is 2.77 bits per heavy atom. The van der Waals surface area contributed by atoms with Crippen LogP contribution in [0.15, 0.2) is 18.2 Å². The first-order valence-electron chi connectivity index (χ1n) is 4.68. The van der Waals surface area contributed by atoms with Crippen LogP contribution in [0, 0.1) is 6.92 Å². The first-order chi connectivity index (χ1) is 6.18. The molecule has 0 saturated carbocycles. The smallest absolute Gasteiger partial charge is 0.376 e. The molecule has 0 amide bonds. The Balaban J connectivity index is 2.30. The van der Waals surface area contributed by atoms with E-state index in [0.717, 1.165) is 13.1 Å². The van der Waals surface area contributed by atoms with Gasteiger partial charge in [-0.15, -0.1) is 0 Å². The zero-order valence-electron chi connectivity index (χ0n) is 8.12. The predicted octanol–water partition coefficient (Wildman–Crippen LogP) is 1.42. The maximum absolute atomic E-state index is 9.44. The lowest BCUT2D eigenvalue weighted by Crippen LogP contribution is -2.31. The van der Waals surface area contributed by atoms with Gasteiger partial charge in [-0.2, -0.15) is 0 Å². The summed E-state index contributed by atoms with van der Waals surface area (Å²) in [6.07, 6.45) is 0. The van der Waals surface area contributed by atoms with E-state index in [4.69, 9.17) is 0 Å². The molecule has 1 aromatic carbocycles. The molecular formula is C10H14BNO. The van der Waals surface area contributed by atoms with Crippen molar-refractivity contribution < 1.29 is 5.02 Å². The normalized spacial score (nSPS) is 15.9. The SMILES string of the molecule is CB(O)N1Cc2cccc(C)c2C1. The summed E-state index contributed by atoms with van der Waals surface area (Å²) in [6.45, 7) is 5.72. The number of benzene rings is 1. The third kappa shape index (κ3) is 1.49. The van der Waals surface area contributed by atoms with Gasteiger partial charge >= 0.3 is 7.05 Å². The Hall–Kier alpha value is -0.795. The molecule has 0 aromatic heterocycles. The molecule has 68 valence electrons. The fourth-order valence-electron chi connectivity index (χ4n) is 1.88. The van der Waals surface area contributed by atoms with Crippen molar-refractivity contribution in [1.82, 2.24) is 4.81 Å². The second-order valence-corrected chi connectivity index (χ2v) is 3.75. The summed E-state index contributed by atoms with van der Waals surface area (Å²) < 4.78 is 0. The average molecular weight is 175 g/mol. The Kier molecular flexibility index (Phi) is 2.14. The molecule has 3 heteroatoms. The lowest BCUT2D eigenvalue weighted by molar-refractivity contribution is 0.380. The highest BCUT2D eigenvalue weighted by atomic mass is 16.2. The third-order valence-corrected chi connectivity index (χ3v) is 2.77. The summed E-state index contributed by atoms with van der Waals surface area (Å²) in [6, 6.07) is 6.36. The molecule has 0 aliphatic carbocycles. The van der Waals surface area contributed by atoms with Gasteiger partial charge in [-0.3, -0.25) is 0 Å². The molecule has 0 saturated heterocycles. The summed E-state index contributed by atoms with van der Waals surface area (Å²) >= 11 is 0. The molecule has 0 radical (unpaired) electrons. The molecular weight excluding hydrogens is 161 g/mol. The lowest BCUT2D eigenvalue weighted by atomic mass is 9.86. The van der Waals surface area contributed by atoms with Gasteiger partial charge in [0.15, 0.2) is 0 Å². The minimum atomic E-state index is -0.341. The topological polar surface area (TPSA) is 23.5 Å². The highest BCUT2D eigenvalue weighted by molar-refractivity contribution is 6.45. The van der Waals surface area contributed by atoms with Crippen LogP contribution < -0.4 is 0 Å². The molecule has 2 nitrogen and oxygen atoms in total. The second kappa shape index (κ2) is 3.16. The van der Waals surface area contributed by atoms with Gasteiger partial charge in [0, 0.05) is 13.1 Å². The van der Waals surface area contributed by atoms with Crippen LogP contribution in [0.4, 0.5) is 0 Å². The molecule has 0 bridgehead atoms. The van der Waals surface area contributed by atoms with Gasteiger partial charge in [-0.05, 0) is 30.4 Å². The van der Waals surface area contributed by atoms with Gasteiger partial charge in [0.2, 0.25) is 0 Å². The summed E-state index contributed by atoms with van der Waals surface area (Å²) in [4.78, 5) is 2.07. The van der Waals surface area contributed by atoms with Gasteiger partial charge in [0.1, 0.15) is 0 Å². The maximum Gasteiger partial charge on any atom is 0.376 e. The fourth-order valence-corrected chi connectivity index (χ4v) is 1.88. The van der Waals surface area contributed by atoms with E-state index in [1.54, 1.807) is 0 Å². The van der Waals surface area contributed by atoms with Gasteiger partial charge in [0.25, 0.3) is 0 Å². The summed E-state index contributed by atoms with van der Waals surface area (Å²) in [5.41, 5.74) is 4.09. The zero-order chi connectivity index (χ0) is 9.42. The van der Waals surface area contributed by atoms with Crippen LogP contribution in [0.3, 0.4) is 0 Å². The molecule has 0 spiro atoms. The van der Waals surface area contributed by atoms with E-state index in [0.29, 0.717) is 0 Å². The van der Waals surface area contributed by atoms with Gasteiger partial charge in [0.05, 0.1) is 0 Å². The van der Waals surface area contributed by atoms with Crippen molar-refractivity contribution in [2.24, 2.45) is 0 Å². The maximum atomic E-state index is 9.44. The van der Waals surface area contributed by atoms with Crippen LogP contribution in [0.5, 0.6) is 0 Å². The Labute approximate surface area is 79.3 Å². The quantitative estimate of drug-likeness (QED) is 0.652. The Bertz CT molecular complexity index is 325. The lowest BCUT2D eigenvalue weighted by Gasteiger charge is -2.14. The van der Waals surface area contributed by atoms with Crippen molar-refractivity contribution in [1.29, 1.82) is 0 Å². The van der Waals surface area contributed by atoms with E-state index in [2.05, 4.69) is 29.9 Å². The molecule has 0 atom stereocenters. The summed E-state index contributed by atoms with van der Waals surface area (Å²) in [5, 5.41) is 9.44. The highest BCUT2D eigenvalue weighted by Crippen LogP contribution is 2.25. The van der Waals surface area contributed by atoms with Gasteiger partial charge < -0.3 is 9.83 Å². The second-order valence-electron chi connectivity index (χ2n) is 3.75. The van der Waals surface area contributed by atoms with Crippen LogP contribution in [0.2, 0.25) is 6.82 Å². The third-order valence-electron chi connectivity index (χ3n) is 2.77. The van der Waals surface area contributed by atoms with E-state index in [9.17, 15) is 5.02 Å². The van der Waals surface area contributed by atoms with Gasteiger partial charge in [-0.25, -0.2) is 0 Å². The van der Waals surface area contributed by atoms with Crippen LogP contribution in [-0.2, 0) is 13.1 Å². The molecule has 1 aliphatic rings.